The van der Waals surface area contributed by atoms with Crippen molar-refractivity contribution in [2.24, 2.45) is 11.8 Å². The Kier molecular flexibility index (Phi) is 9.88. The molecule has 5 nitrogen and oxygen atoms in total. The number of hydrogen-bond acceptors (Lipinski definition) is 5. The number of hydrogen-bond donors (Lipinski definition) is 0. The molecular weight excluding hydrogens is 765 g/mol. The molecule has 12 rings (SSSR count). The second-order valence-electron chi connectivity index (χ2n) is 18.1. The zero-order chi connectivity index (χ0) is 41.7. The van der Waals surface area contributed by atoms with Crippen molar-refractivity contribution in [2.45, 2.75) is 76.2 Å². The van der Waals surface area contributed by atoms with Crippen molar-refractivity contribution >= 4 is 40.3 Å². The van der Waals surface area contributed by atoms with E-state index in [0.717, 1.165) is 92.8 Å². The van der Waals surface area contributed by atoms with E-state index in [1.54, 1.807) is 0 Å². The first kappa shape index (κ1) is 38.2. The predicted octanol–water partition coefficient (Wildman–Crippen LogP) is 12.0. The van der Waals surface area contributed by atoms with Crippen molar-refractivity contribution in [2.75, 3.05) is 9.80 Å². The molecule has 9 aliphatic rings. The fourth-order valence-corrected chi connectivity index (χ4v) is 11.1. The van der Waals surface area contributed by atoms with Gasteiger partial charge in [0.05, 0.1) is 6.04 Å². The van der Waals surface area contributed by atoms with Crippen LogP contribution in [0.15, 0.2) is 198 Å². The molecule has 4 atom stereocenters. The van der Waals surface area contributed by atoms with Crippen LogP contribution >= 0.6 is 0 Å². The van der Waals surface area contributed by atoms with Crippen LogP contribution < -0.4 is 20.7 Å². The summed E-state index contributed by atoms with van der Waals surface area (Å²) < 4.78 is 0. The molecule has 2 aromatic carbocycles. The Balaban J connectivity index is 1.06. The summed E-state index contributed by atoms with van der Waals surface area (Å²) in [7, 11) is 0. The van der Waals surface area contributed by atoms with Gasteiger partial charge in [0.1, 0.15) is 5.82 Å². The zero-order valence-corrected chi connectivity index (χ0v) is 35.9. The number of rotatable bonds is 7. The fraction of sp³-hybridized carbons (Fsp3) is 0.246. The number of anilines is 3. The van der Waals surface area contributed by atoms with E-state index in [1.807, 2.05) is 0 Å². The number of aromatic nitrogens is 3. The SMILES string of the molecule is C1=CCC(C2=CCC(N3c4ccccc4B4C5=CCCC=C5N(C5=CCC(C6=CCCC=C6)C=C5)c5cc(-c6nc(C7=CCCC=C7)nc(C7C=CC=CC7)n6)cc3c54)C=C2)C=C1. The van der Waals surface area contributed by atoms with Crippen LogP contribution in [0.2, 0.25) is 0 Å². The molecule has 0 N–H and O–H groups in total. The van der Waals surface area contributed by atoms with Crippen molar-refractivity contribution < 1.29 is 0 Å². The van der Waals surface area contributed by atoms with Crippen molar-refractivity contribution in [1.29, 1.82) is 0 Å². The van der Waals surface area contributed by atoms with Crippen molar-refractivity contribution in [3.63, 3.8) is 0 Å². The minimum atomic E-state index is 0.0893. The van der Waals surface area contributed by atoms with Crippen molar-refractivity contribution in [3.05, 3.63) is 210 Å². The van der Waals surface area contributed by atoms with Crippen molar-refractivity contribution in [3.8, 4) is 11.4 Å². The molecule has 0 bridgehead atoms. The van der Waals surface area contributed by atoms with E-state index in [-0.39, 0.29) is 18.7 Å². The Labute approximate surface area is 372 Å². The fourth-order valence-electron chi connectivity index (χ4n) is 11.1. The second-order valence-corrected chi connectivity index (χ2v) is 18.1. The third kappa shape index (κ3) is 6.91. The lowest BCUT2D eigenvalue weighted by Crippen LogP contribution is -2.59. The summed E-state index contributed by atoms with van der Waals surface area (Å²) in [4.78, 5) is 21.2. The van der Waals surface area contributed by atoms with Crippen LogP contribution in [0.4, 0.5) is 17.1 Å². The predicted molar refractivity (Wildman–Crippen MR) is 263 cm³/mol. The van der Waals surface area contributed by atoms with Gasteiger partial charge < -0.3 is 9.80 Å². The smallest absolute Gasteiger partial charge is 0.251 e. The summed E-state index contributed by atoms with van der Waals surface area (Å²) >= 11 is 0. The molecule has 0 saturated heterocycles. The van der Waals surface area contributed by atoms with E-state index in [4.69, 9.17) is 15.0 Å². The molecule has 6 heteroatoms. The summed E-state index contributed by atoms with van der Waals surface area (Å²) in [5.41, 5.74) is 15.4. The zero-order valence-electron chi connectivity index (χ0n) is 35.9. The minimum Gasteiger partial charge on any atom is -0.335 e. The molecule has 1 aromatic heterocycles. The Morgan fingerprint density at radius 1 is 0.540 bits per heavy atom. The summed E-state index contributed by atoms with van der Waals surface area (Å²) in [5, 5.41) is 0. The number of para-hydroxylation sites is 1. The van der Waals surface area contributed by atoms with E-state index in [1.165, 1.54) is 56.0 Å². The molecule has 3 heterocycles. The summed E-state index contributed by atoms with van der Waals surface area (Å²) in [5.74, 6) is 3.22. The number of benzene rings is 2. The van der Waals surface area contributed by atoms with E-state index in [0.29, 0.717) is 11.8 Å². The lowest BCUT2D eigenvalue weighted by molar-refractivity contribution is 0.732. The summed E-state index contributed by atoms with van der Waals surface area (Å²) in [6, 6.07) is 14.2. The van der Waals surface area contributed by atoms with Gasteiger partial charge in [-0.25, -0.2) is 15.0 Å². The maximum Gasteiger partial charge on any atom is 0.251 e. The Hall–Kier alpha value is -6.53. The maximum absolute atomic E-state index is 5.41. The monoisotopic (exact) mass is 817 g/mol. The van der Waals surface area contributed by atoms with Gasteiger partial charge in [-0.3, -0.25) is 0 Å². The molecule has 0 fully saturated rings. The number of fused-ring (bicyclic) bond motifs is 4. The van der Waals surface area contributed by atoms with Gasteiger partial charge >= 0.3 is 0 Å². The standard InChI is InChI=1S/C57H52BN5/c1-5-17-39(18-6-1)41-29-33-46(34-30-41)62-50-27-15-13-25-48(50)58-49-26-14-16-28-51(49)63(47-35-31-42(32-36-47)40-19-7-2-8-20-40)53-38-45(37-52(62)54(53)58)57-60-55(43-21-9-3-10-22-43)59-56(61-57)44-23-11-4-12-24-44/h1,3,5-7,9-11,13,15,17,19-21,23-31,33,35-39,42-43,46H,2,4,8,12,14,16,18,22,32,34H2. The van der Waals surface area contributed by atoms with Gasteiger partial charge in [-0.1, -0.05) is 146 Å². The first-order chi connectivity index (χ1) is 31.2. The number of nitrogens with zero attached hydrogens (tertiary/aromatic N) is 5. The van der Waals surface area contributed by atoms with Crippen LogP contribution in [0.1, 0.15) is 81.8 Å². The van der Waals surface area contributed by atoms with Gasteiger partial charge in [-0.05, 0) is 116 Å². The van der Waals surface area contributed by atoms with Crippen LogP contribution in [-0.2, 0) is 0 Å². The molecule has 0 spiro atoms. The average molecular weight is 818 g/mol. The van der Waals surface area contributed by atoms with E-state index in [9.17, 15) is 0 Å². The Bertz CT molecular complexity index is 2850. The molecule has 3 aromatic rings. The van der Waals surface area contributed by atoms with Crippen LogP contribution in [0.5, 0.6) is 0 Å². The highest BCUT2D eigenvalue weighted by Crippen LogP contribution is 2.47. The van der Waals surface area contributed by atoms with Crippen LogP contribution in [-0.4, -0.2) is 27.7 Å². The van der Waals surface area contributed by atoms with E-state index >= 15 is 0 Å². The van der Waals surface area contributed by atoms with E-state index < -0.39 is 0 Å². The molecule has 7 aliphatic carbocycles. The van der Waals surface area contributed by atoms with Crippen molar-refractivity contribution in [1.82, 2.24) is 15.0 Å². The largest absolute Gasteiger partial charge is 0.335 e. The van der Waals surface area contributed by atoms with Crippen LogP contribution in [0.3, 0.4) is 0 Å². The van der Waals surface area contributed by atoms with Gasteiger partial charge in [0.25, 0.3) is 6.71 Å². The molecular formula is C57H52BN5. The van der Waals surface area contributed by atoms with E-state index in [2.05, 4.69) is 180 Å². The van der Waals surface area contributed by atoms with Crippen LogP contribution in [0.25, 0.3) is 17.0 Å². The summed E-state index contributed by atoms with van der Waals surface area (Å²) in [6.07, 6.45) is 61.5. The molecule has 4 unspecified atom stereocenters. The van der Waals surface area contributed by atoms with Gasteiger partial charge in [-0.2, -0.15) is 0 Å². The molecule has 0 saturated carbocycles. The Morgan fingerprint density at radius 3 is 2.06 bits per heavy atom. The first-order valence-corrected chi connectivity index (χ1v) is 23.5. The number of allylic oxidation sites excluding steroid dienone is 24. The summed E-state index contributed by atoms with van der Waals surface area (Å²) in [6.45, 7) is 0.108. The highest BCUT2D eigenvalue weighted by Gasteiger charge is 2.46. The second kappa shape index (κ2) is 16.3. The van der Waals surface area contributed by atoms with Gasteiger partial charge in [0.2, 0.25) is 0 Å². The average Bonchev–Trinajstić information content (AvgIpc) is 3.37. The highest BCUT2D eigenvalue weighted by atomic mass is 15.2. The lowest BCUT2D eigenvalue weighted by atomic mass is 9.32. The normalized spacial score (nSPS) is 25.1. The lowest BCUT2D eigenvalue weighted by Gasteiger charge is -2.48. The third-order valence-electron chi connectivity index (χ3n) is 14.3. The molecule has 0 radical (unpaired) electrons. The maximum atomic E-state index is 5.41. The molecule has 63 heavy (non-hydrogen) atoms. The third-order valence-corrected chi connectivity index (χ3v) is 14.3. The quantitative estimate of drug-likeness (QED) is 0.222. The minimum absolute atomic E-state index is 0.0893. The molecule has 2 aliphatic heterocycles. The highest BCUT2D eigenvalue weighted by molar-refractivity contribution is 6.95. The first-order valence-electron chi connectivity index (χ1n) is 23.5. The Morgan fingerprint density at radius 2 is 1.30 bits per heavy atom. The molecule has 308 valence electrons. The van der Waals surface area contributed by atoms with Gasteiger partial charge in [-0.15, -0.1) is 0 Å². The van der Waals surface area contributed by atoms with Gasteiger partial charge in [0, 0.05) is 57.3 Å². The molecule has 0 amide bonds. The topological polar surface area (TPSA) is 45.2 Å². The van der Waals surface area contributed by atoms with Crippen LogP contribution in [0, 0.1) is 11.8 Å². The van der Waals surface area contributed by atoms with Gasteiger partial charge in [0.15, 0.2) is 11.6 Å².